The average Bonchev–Trinajstić information content (AvgIpc) is 2.19. The second-order valence-corrected chi connectivity index (χ2v) is 2.73. The molecule has 1 aliphatic carbocycles. The van der Waals surface area contributed by atoms with Gasteiger partial charge >= 0.3 is 18.9 Å². The van der Waals surface area contributed by atoms with Crippen molar-refractivity contribution in [2.75, 3.05) is 0 Å². The Morgan fingerprint density at radius 1 is 1.14 bits per heavy atom. The number of allylic oxidation sites excluding steroid dienone is 1. The maximum Gasteiger partial charge on any atom is 1.00 e. The van der Waals surface area contributed by atoms with Crippen molar-refractivity contribution in [3.8, 4) is 0 Å². The van der Waals surface area contributed by atoms with Crippen LogP contribution in [0.25, 0.3) is 6.08 Å². The van der Waals surface area contributed by atoms with Crippen molar-refractivity contribution >= 4 is 17.6 Å². The molecule has 0 heterocycles. The molecule has 0 spiro atoms. The molecule has 3 nitrogen and oxygen atoms in total. The molecule has 0 fully saturated rings. The van der Waals surface area contributed by atoms with E-state index in [4.69, 9.17) is 0 Å². The van der Waals surface area contributed by atoms with Crippen molar-refractivity contribution in [1.82, 2.24) is 0 Å². The molecule has 0 aromatic heterocycles. The number of hydrogen-bond donors (Lipinski definition) is 0. The molecule has 0 bridgehead atoms. The molecule has 0 unspecified atom stereocenters. The first-order valence-corrected chi connectivity index (χ1v) is 3.85. The van der Waals surface area contributed by atoms with E-state index in [-0.39, 0.29) is 30.4 Å². The number of fused-ring (bicyclic) bond motifs is 1. The predicted octanol–water partition coefficient (Wildman–Crippen LogP) is -1.16. The molecular weight excluding hydrogens is 173 g/mol. The first-order valence-electron chi connectivity index (χ1n) is 3.85. The molecule has 1 aromatic carbocycles. The summed E-state index contributed by atoms with van der Waals surface area (Å²) < 4.78 is 0. The molecule has 0 radical (unpaired) electrons. The van der Waals surface area contributed by atoms with Crippen molar-refractivity contribution in [1.29, 1.82) is 0 Å². The van der Waals surface area contributed by atoms with Gasteiger partial charge in [0.25, 0.3) is 0 Å². The van der Waals surface area contributed by atoms with Gasteiger partial charge in [-0.2, -0.15) is 0 Å². The molecule has 64 valence electrons. The molecule has 0 amide bonds. The molecule has 0 saturated heterocycles. The fraction of sp³-hybridized carbons (Fsp3) is 0. The van der Waals surface area contributed by atoms with Crippen LogP contribution < -0.4 is 18.9 Å². The SMILES string of the molecule is O=C1/C(=N/[O-])C=Cc2ccccc21.[Li+]. The van der Waals surface area contributed by atoms with E-state index in [0.29, 0.717) is 5.56 Å². The first-order chi connectivity index (χ1) is 6.33. The van der Waals surface area contributed by atoms with Crippen molar-refractivity contribution in [2.24, 2.45) is 5.16 Å². The van der Waals surface area contributed by atoms with Crippen LogP contribution in [0.4, 0.5) is 0 Å². The zero-order valence-electron chi connectivity index (χ0n) is 7.73. The van der Waals surface area contributed by atoms with E-state index in [2.05, 4.69) is 5.16 Å². The maximum atomic E-state index is 11.5. The van der Waals surface area contributed by atoms with Crippen LogP contribution in [-0.4, -0.2) is 11.5 Å². The van der Waals surface area contributed by atoms with E-state index in [1.54, 1.807) is 18.2 Å². The Morgan fingerprint density at radius 3 is 2.57 bits per heavy atom. The fourth-order valence-corrected chi connectivity index (χ4v) is 1.30. The summed E-state index contributed by atoms with van der Waals surface area (Å²) in [6.45, 7) is 0. The Kier molecular flexibility index (Phi) is 3.29. The second kappa shape index (κ2) is 4.27. The van der Waals surface area contributed by atoms with Crippen LogP contribution in [0.5, 0.6) is 0 Å². The molecule has 1 aromatic rings. The summed E-state index contributed by atoms with van der Waals surface area (Å²) >= 11 is 0. The van der Waals surface area contributed by atoms with Gasteiger partial charge in [-0.25, -0.2) is 0 Å². The molecule has 14 heavy (non-hydrogen) atoms. The van der Waals surface area contributed by atoms with Gasteiger partial charge in [0.2, 0.25) is 5.78 Å². The number of hydrogen-bond acceptors (Lipinski definition) is 3. The van der Waals surface area contributed by atoms with Crippen molar-refractivity contribution < 1.29 is 23.7 Å². The molecule has 2 rings (SSSR count). The second-order valence-electron chi connectivity index (χ2n) is 2.73. The normalized spacial score (nSPS) is 16.3. The largest absolute Gasteiger partial charge is 1.00 e. The van der Waals surface area contributed by atoms with Crippen LogP contribution >= 0.6 is 0 Å². The zero-order chi connectivity index (χ0) is 9.26. The van der Waals surface area contributed by atoms with Gasteiger partial charge in [-0.1, -0.05) is 30.3 Å². The van der Waals surface area contributed by atoms with E-state index in [1.165, 1.54) is 6.08 Å². The number of nitrogens with zero attached hydrogens (tertiary/aromatic N) is 1. The third-order valence-electron chi connectivity index (χ3n) is 1.96. The summed E-state index contributed by atoms with van der Waals surface area (Å²) in [4.78, 5) is 11.5. The Morgan fingerprint density at radius 2 is 1.86 bits per heavy atom. The van der Waals surface area contributed by atoms with Crippen LogP contribution in [0.1, 0.15) is 15.9 Å². The molecule has 0 aliphatic heterocycles. The van der Waals surface area contributed by atoms with Gasteiger partial charge < -0.3 is 10.4 Å². The first kappa shape index (κ1) is 10.8. The van der Waals surface area contributed by atoms with Crippen LogP contribution in [0.2, 0.25) is 0 Å². The molecule has 4 heteroatoms. The average molecular weight is 179 g/mol. The van der Waals surface area contributed by atoms with Crippen LogP contribution in [0.15, 0.2) is 35.5 Å². The van der Waals surface area contributed by atoms with E-state index in [1.807, 2.05) is 12.1 Å². The summed E-state index contributed by atoms with van der Waals surface area (Å²) in [6, 6.07) is 7.12. The quantitative estimate of drug-likeness (QED) is 0.372. The smallest absolute Gasteiger partial charge is 0.791 e. The fourth-order valence-electron chi connectivity index (χ4n) is 1.30. The number of ketones is 1. The van der Waals surface area contributed by atoms with Gasteiger partial charge in [-0.15, -0.1) is 0 Å². The van der Waals surface area contributed by atoms with Crippen molar-refractivity contribution in [3.05, 3.63) is 46.7 Å². The summed E-state index contributed by atoms with van der Waals surface area (Å²) in [7, 11) is 0. The van der Waals surface area contributed by atoms with Crippen LogP contribution in [0, 0.1) is 5.21 Å². The molecule has 0 N–H and O–H groups in total. The third-order valence-corrected chi connectivity index (χ3v) is 1.96. The third kappa shape index (κ3) is 1.65. The zero-order valence-corrected chi connectivity index (χ0v) is 7.73. The summed E-state index contributed by atoms with van der Waals surface area (Å²) in [5, 5.41) is 12.9. The predicted molar refractivity (Wildman–Crippen MR) is 50.6 cm³/mol. The number of carbonyl (C=O) groups is 1. The number of rotatable bonds is 0. The molecule has 0 saturated carbocycles. The summed E-state index contributed by atoms with van der Waals surface area (Å²) in [5.74, 6) is -0.298. The van der Waals surface area contributed by atoms with Gasteiger partial charge in [0, 0.05) is 5.56 Å². The van der Waals surface area contributed by atoms with Gasteiger partial charge in [0.1, 0.15) is 5.71 Å². The number of carbonyl (C=O) groups excluding carboxylic acids is 1. The van der Waals surface area contributed by atoms with Gasteiger partial charge in [0.15, 0.2) is 0 Å². The monoisotopic (exact) mass is 179 g/mol. The number of benzene rings is 1. The molecule has 0 atom stereocenters. The Bertz CT molecular complexity index is 424. The summed E-state index contributed by atoms with van der Waals surface area (Å²) in [6.07, 6.45) is 3.16. The topological polar surface area (TPSA) is 52.5 Å². The molecular formula is C10H6LiNO2. The van der Waals surface area contributed by atoms with Gasteiger partial charge in [-0.3, -0.25) is 4.79 Å². The van der Waals surface area contributed by atoms with Crippen molar-refractivity contribution in [3.63, 3.8) is 0 Å². The Balaban J connectivity index is 0.000000980. The minimum Gasteiger partial charge on any atom is -0.791 e. The van der Waals surface area contributed by atoms with E-state index < -0.39 is 0 Å². The van der Waals surface area contributed by atoms with Gasteiger partial charge in [-0.05, 0) is 11.6 Å². The summed E-state index contributed by atoms with van der Waals surface area (Å²) in [5.41, 5.74) is 1.35. The minimum absolute atomic E-state index is 0. The van der Waals surface area contributed by atoms with Crippen LogP contribution in [0.3, 0.4) is 0 Å². The standard InChI is InChI=1S/C10H7NO2.Li/c12-10-8-4-2-1-3-7(8)5-6-9(10)11-13;/h1-6,13H;/q;+1/p-1/b11-9+;. The Labute approximate surface area is 93.3 Å². The van der Waals surface area contributed by atoms with Crippen LogP contribution in [-0.2, 0) is 0 Å². The van der Waals surface area contributed by atoms with E-state index in [0.717, 1.165) is 5.56 Å². The van der Waals surface area contributed by atoms with E-state index >= 15 is 0 Å². The van der Waals surface area contributed by atoms with Gasteiger partial charge in [0.05, 0.1) is 0 Å². The Hall–Kier alpha value is -1.30. The minimum atomic E-state index is -0.298. The van der Waals surface area contributed by atoms with Crippen molar-refractivity contribution in [2.45, 2.75) is 0 Å². The van der Waals surface area contributed by atoms with E-state index in [9.17, 15) is 10.0 Å². The number of Topliss-reactive ketones (excluding diaryl/α,β-unsaturated/α-hetero) is 1. The molecule has 1 aliphatic rings. The maximum absolute atomic E-state index is 11.5.